The van der Waals surface area contributed by atoms with Crippen LogP contribution in [0.5, 0.6) is 0 Å². The van der Waals surface area contributed by atoms with Gasteiger partial charge in [0.15, 0.2) is 10.8 Å². The minimum atomic E-state index is -0.508. The van der Waals surface area contributed by atoms with Crippen molar-refractivity contribution in [3.63, 3.8) is 0 Å². The summed E-state index contributed by atoms with van der Waals surface area (Å²) in [6.45, 7) is 7.63. The van der Waals surface area contributed by atoms with Crippen molar-refractivity contribution in [2.75, 3.05) is 18.1 Å². The van der Waals surface area contributed by atoms with Crippen LogP contribution >= 0.6 is 11.3 Å². The summed E-state index contributed by atoms with van der Waals surface area (Å²) < 4.78 is 5.10. The molecule has 3 rings (SSSR count). The predicted molar refractivity (Wildman–Crippen MR) is 135 cm³/mol. The molecular formula is C26H28N4O4S. The molecule has 0 unspecified atom stereocenters. The summed E-state index contributed by atoms with van der Waals surface area (Å²) in [6, 6.07) is 11.8. The third kappa shape index (κ3) is 6.03. The molecule has 0 bridgehead atoms. The zero-order valence-electron chi connectivity index (χ0n) is 20.3. The van der Waals surface area contributed by atoms with Crippen molar-refractivity contribution >= 4 is 28.3 Å². The van der Waals surface area contributed by atoms with Crippen LogP contribution in [0.25, 0.3) is 0 Å². The number of nitrogens with zero attached hydrogens (tertiary/aromatic N) is 3. The molecule has 8 nitrogen and oxygen atoms in total. The number of ether oxygens (including phenoxy) is 1. The number of carbonyl (C=O) groups is 2. The van der Waals surface area contributed by atoms with Gasteiger partial charge in [-0.1, -0.05) is 30.3 Å². The van der Waals surface area contributed by atoms with E-state index in [4.69, 9.17) is 4.74 Å². The van der Waals surface area contributed by atoms with E-state index in [1.165, 1.54) is 11.3 Å². The van der Waals surface area contributed by atoms with Crippen molar-refractivity contribution in [3.05, 3.63) is 79.2 Å². The molecule has 0 spiro atoms. The Balaban J connectivity index is 1.87. The van der Waals surface area contributed by atoms with E-state index in [0.717, 1.165) is 11.1 Å². The van der Waals surface area contributed by atoms with E-state index in [0.29, 0.717) is 40.7 Å². The monoisotopic (exact) mass is 492 g/mol. The molecule has 0 fully saturated rings. The Morgan fingerprint density at radius 3 is 2.54 bits per heavy atom. The second kappa shape index (κ2) is 11.6. The summed E-state index contributed by atoms with van der Waals surface area (Å²) >= 11 is 1.28. The average molecular weight is 493 g/mol. The lowest BCUT2D eigenvalue weighted by molar-refractivity contribution is -0.118. The molecule has 182 valence electrons. The molecule has 0 aliphatic rings. The van der Waals surface area contributed by atoms with Gasteiger partial charge in [0.05, 0.1) is 6.61 Å². The van der Waals surface area contributed by atoms with Crippen LogP contribution in [-0.4, -0.2) is 35.0 Å². The Bertz CT molecular complexity index is 1320. The molecule has 35 heavy (non-hydrogen) atoms. The van der Waals surface area contributed by atoms with E-state index in [1.807, 2.05) is 36.4 Å². The number of aromatic amines is 1. The normalized spacial score (nSPS) is 10.6. The number of amides is 1. The number of hydrogen-bond donors (Lipinski definition) is 1. The molecule has 0 saturated carbocycles. The predicted octanol–water partition coefficient (Wildman–Crippen LogP) is 4.01. The highest BCUT2D eigenvalue weighted by Gasteiger charge is 2.24. The lowest BCUT2D eigenvalue weighted by Crippen LogP contribution is -2.33. The highest BCUT2D eigenvalue weighted by molar-refractivity contribution is 7.16. The standard InChI is InChI=1S/C26H28N4O4S/c1-5-34-25(33)23-18(4)35-26(29-23)30(14-13-19-9-7-6-8-10-19)22(31)12-11-20-16(2)21(15-27)24(32)28-17(20)3/h6-10H,5,11-14H2,1-4H3,(H,28,32). The van der Waals surface area contributed by atoms with Gasteiger partial charge in [0.2, 0.25) is 5.91 Å². The molecule has 0 aliphatic heterocycles. The zero-order chi connectivity index (χ0) is 25.5. The molecule has 0 atom stereocenters. The number of rotatable bonds is 9. The molecule has 1 amide bonds. The number of carbonyl (C=O) groups excluding carboxylic acids is 2. The number of hydrogen-bond acceptors (Lipinski definition) is 7. The largest absolute Gasteiger partial charge is 0.461 e. The number of aromatic nitrogens is 2. The Hall–Kier alpha value is -3.77. The van der Waals surface area contributed by atoms with Crippen LogP contribution in [0.15, 0.2) is 35.1 Å². The number of H-pyrrole nitrogens is 1. The molecule has 2 heterocycles. The van der Waals surface area contributed by atoms with Crippen molar-refractivity contribution in [1.82, 2.24) is 9.97 Å². The van der Waals surface area contributed by atoms with Crippen molar-refractivity contribution in [1.29, 1.82) is 5.26 Å². The SMILES string of the molecule is CCOC(=O)c1nc(N(CCc2ccccc2)C(=O)CCc2c(C)[nH]c(=O)c(C#N)c2C)sc1C. The molecule has 9 heteroatoms. The number of anilines is 1. The molecule has 1 N–H and O–H groups in total. The molecule has 2 aromatic heterocycles. The van der Waals surface area contributed by atoms with Gasteiger partial charge in [-0.3, -0.25) is 14.5 Å². The van der Waals surface area contributed by atoms with Gasteiger partial charge in [0.25, 0.3) is 5.56 Å². The summed E-state index contributed by atoms with van der Waals surface area (Å²) in [5.41, 5.74) is 2.95. The van der Waals surface area contributed by atoms with Crippen molar-refractivity contribution in [2.24, 2.45) is 0 Å². The molecule has 3 aromatic rings. The van der Waals surface area contributed by atoms with Gasteiger partial charge in [-0.2, -0.15) is 5.26 Å². The third-order valence-electron chi connectivity index (χ3n) is 5.76. The first-order valence-electron chi connectivity index (χ1n) is 11.4. The van der Waals surface area contributed by atoms with Gasteiger partial charge in [0, 0.05) is 23.5 Å². The first kappa shape index (κ1) is 25.8. The Labute approximate surface area is 208 Å². The van der Waals surface area contributed by atoms with Crippen LogP contribution in [0.2, 0.25) is 0 Å². The number of esters is 1. The van der Waals surface area contributed by atoms with Gasteiger partial charge < -0.3 is 9.72 Å². The van der Waals surface area contributed by atoms with Crippen LogP contribution in [0, 0.1) is 32.1 Å². The summed E-state index contributed by atoms with van der Waals surface area (Å²) in [5, 5.41) is 9.77. The smallest absolute Gasteiger partial charge is 0.358 e. The number of thiazole rings is 1. The number of aryl methyl sites for hydroxylation is 2. The van der Waals surface area contributed by atoms with E-state index in [9.17, 15) is 19.6 Å². The van der Waals surface area contributed by atoms with Gasteiger partial charge in [0.1, 0.15) is 11.6 Å². The molecule has 0 aliphatic carbocycles. The van der Waals surface area contributed by atoms with E-state index >= 15 is 0 Å². The zero-order valence-corrected chi connectivity index (χ0v) is 21.1. The fraction of sp³-hybridized carbons (Fsp3) is 0.346. The second-order valence-corrected chi connectivity index (χ2v) is 9.25. The quantitative estimate of drug-likeness (QED) is 0.451. The minimum absolute atomic E-state index is 0.0635. The summed E-state index contributed by atoms with van der Waals surface area (Å²) in [7, 11) is 0. The minimum Gasteiger partial charge on any atom is -0.461 e. The van der Waals surface area contributed by atoms with Crippen molar-refractivity contribution in [3.8, 4) is 6.07 Å². The Morgan fingerprint density at radius 2 is 1.89 bits per heavy atom. The van der Waals surface area contributed by atoms with Crippen LogP contribution in [0.3, 0.4) is 0 Å². The topological polar surface area (TPSA) is 116 Å². The van der Waals surface area contributed by atoms with Crippen molar-refractivity contribution in [2.45, 2.75) is 47.0 Å². The van der Waals surface area contributed by atoms with Crippen LogP contribution in [-0.2, 0) is 22.4 Å². The van der Waals surface area contributed by atoms with Crippen molar-refractivity contribution < 1.29 is 14.3 Å². The highest BCUT2D eigenvalue weighted by atomic mass is 32.1. The summed E-state index contributed by atoms with van der Waals surface area (Å²) in [6.07, 6.45) is 1.13. The molecule has 0 radical (unpaired) electrons. The molecular weight excluding hydrogens is 464 g/mol. The van der Waals surface area contributed by atoms with Gasteiger partial charge >= 0.3 is 5.97 Å². The lowest BCUT2D eigenvalue weighted by Gasteiger charge is -2.21. The van der Waals surface area contributed by atoms with Gasteiger partial charge in [-0.15, -0.1) is 11.3 Å². The number of pyridine rings is 1. The van der Waals surface area contributed by atoms with E-state index in [1.54, 1.807) is 32.6 Å². The fourth-order valence-electron chi connectivity index (χ4n) is 3.89. The Kier molecular flexibility index (Phi) is 8.55. The van der Waals surface area contributed by atoms with Gasteiger partial charge in [-0.25, -0.2) is 9.78 Å². The summed E-state index contributed by atoms with van der Waals surface area (Å²) in [4.78, 5) is 47.2. The van der Waals surface area contributed by atoms with E-state index in [2.05, 4.69) is 9.97 Å². The maximum absolute atomic E-state index is 13.4. The summed E-state index contributed by atoms with van der Waals surface area (Å²) in [5.74, 6) is -0.667. The van der Waals surface area contributed by atoms with Crippen LogP contribution < -0.4 is 10.5 Å². The first-order chi connectivity index (χ1) is 16.8. The average Bonchev–Trinajstić information content (AvgIpc) is 3.21. The number of benzene rings is 1. The highest BCUT2D eigenvalue weighted by Crippen LogP contribution is 2.28. The maximum atomic E-state index is 13.4. The van der Waals surface area contributed by atoms with Crippen LogP contribution in [0.1, 0.15) is 56.7 Å². The third-order valence-corrected chi connectivity index (χ3v) is 6.76. The first-order valence-corrected chi connectivity index (χ1v) is 12.2. The molecule has 0 saturated heterocycles. The second-order valence-electron chi connectivity index (χ2n) is 8.07. The fourth-order valence-corrected chi connectivity index (χ4v) is 4.83. The van der Waals surface area contributed by atoms with Crippen LogP contribution in [0.4, 0.5) is 5.13 Å². The number of nitrogens with one attached hydrogen (secondary N) is 1. The number of nitriles is 1. The molecule has 1 aromatic carbocycles. The van der Waals surface area contributed by atoms with E-state index in [-0.39, 0.29) is 30.2 Å². The lowest BCUT2D eigenvalue weighted by atomic mass is 9.99. The Morgan fingerprint density at radius 1 is 1.17 bits per heavy atom. The van der Waals surface area contributed by atoms with Gasteiger partial charge in [-0.05, 0) is 57.2 Å². The maximum Gasteiger partial charge on any atom is 0.358 e. The van der Waals surface area contributed by atoms with E-state index < -0.39 is 11.5 Å².